The molecule has 2 heterocycles. The Morgan fingerprint density at radius 3 is 1.94 bits per heavy atom. The normalized spacial score (nSPS) is 19.1. The van der Waals surface area contributed by atoms with Crippen molar-refractivity contribution in [2.75, 3.05) is 13.1 Å². The number of nitrogens with zero attached hydrogens (tertiary/aromatic N) is 1. The van der Waals surface area contributed by atoms with Crippen LogP contribution >= 0.6 is 12.4 Å². The monoisotopic (exact) mass is 238 g/mol. The zero-order chi connectivity index (χ0) is 10.4. The number of benzene rings is 1. The van der Waals surface area contributed by atoms with Crippen molar-refractivity contribution >= 4 is 24.2 Å². The molecule has 84 valence electrons. The zero-order valence-corrected chi connectivity index (χ0v) is 9.29. The van der Waals surface area contributed by atoms with E-state index < -0.39 is 0 Å². The molecule has 0 atom stereocenters. The molecule has 1 saturated heterocycles. The number of carbonyl (C=O) groups excluding carboxylic acids is 2. The van der Waals surface area contributed by atoms with Crippen LogP contribution in [0.15, 0.2) is 24.3 Å². The molecule has 1 fully saturated rings. The molecule has 0 aromatic heterocycles. The van der Waals surface area contributed by atoms with Crippen molar-refractivity contribution in [3.8, 4) is 0 Å². The molecule has 5 heteroatoms. The molecule has 0 spiro atoms. The van der Waals surface area contributed by atoms with Gasteiger partial charge in [-0.2, -0.15) is 0 Å². The molecule has 0 unspecified atom stereocenters. The molecular weight excluding hydrogens is 228 g/mol. The highest BCUT2D eigenvalue weighted by Crippen LogP contribution is 2.25. The molecule has 0 radical (unpaired) electrons. The molecule has 1 N–H and O–H groups in total. The molecule has 0 aliphatic carbocycles. The lowest BCUT2D eigenvalue weighted by atomic mass is 10.1. The van der Waals surface area contributed by atoms with Crippen molar-refractivity contribution < 1.29 is 9.59 Å². The average Bonchev–Trinajstić information content (AvgIpc) is 2.42. The summed E-state index contributed by atoms with van der Waals surface area (Å²) in [5.74, 6) is -0.302. The molecule has 0 bridgehead atoms. The molecular formula is C11H11ClN2O2. The van der Waals surface area contributed by atoms with E-state index in [0.29, 0.717) is 24.2 Å². The Hall–Kier alpha value is -1.39. The van der Waals surface area contributed by atoms with Gasteiger partial charge in [-0.1, -0.05) is 12.1 Å². The van der Waals surface area contributed by atoms with Crippen molar-refractivity contribution in [3.63, 3.8) is 0 Å². The third-order valence-electron chi connectivity index (χ3n) is 2.95. The lowest BCUT2D eigenvalue weighted by Crippen LogP contribution is -2.58. The number of hydrogen-bond donors (Lipinski definition) is 1. The molecule has 1 aromatic carbocycles. The van der Waals surface area contributed by atoms with Gasteiger partial charge in [0.15, 0.2) is 0 Å². The molecule has 3 rings (SSSR count). The van der Waals surface area contributed by atoms with Crippen LogP contribution in [0, 0.1) is 0 Å². The molecule has 2 amide bonds. The average molecular weight is 239 g/mol. The van der Waals surface area contributed by atoms with E-state index >= 15 is 0 Å². The summed E-state index contributed by atoms with van der Waals surface area (Å²) in [6, 6.07) is 7.03. The summed E-state index contributed by atoms with van der Waals surface area (Å²) >= 11 is 0. The maximum atomic E-state index is 11.9. The first-order chi connectivity index (χ1) is 7.29. The smallest absolute Gasteiger partial charge is 0.261 e. The van der Waals surface area contributed by atoms with Gasteiger partial charge in [0.2, 0.25) is 0 Å². The van der Waals surface area contributed by atoms with Crippen molar-refractivity contribution in [3.05, 3.63) is 35.4 Å². The standard InChI is InChI=1S/C11H10N2O2.ClH/c14-10-8-3-1-2-4-9(8)11(15)13(10)7-5-12-6-7;/h1-4,7,12H,5-6H2;1H. The van der Waals surface area contributed by atoms with Gasteiger partial charge in [0.25, 0.3) is 11.8 Å². The maximum absolute atomic E-state index is 11.9. The third kappa shape index (κ3) is 1.34. The summed E-state index contributed by atoms with van der Waals surface area (Å²) in [5, 5.41) is 3.06. The lowest BCUT2D eigenvalue weighted by Gasteiger charge is -2.33. The van der Waals surface area contributed by atoms with Crippen LogP contribution in [0.4, 0.5) is 0 Å². The minimum absolute atomic E-state index is 0. The van der Waals surface area contributed by atoms with Crippen molar-refractivity contribution in [2.24, 2.45) is 0 Å². The Kier molecular flexibility index (Phi) is 2.69. The Morgan fingerprint density at radius 1 is 1.06 bits per heavy atom. The number of hydrogen-bond acceptors (Lipinski definition) is 3. The summed E-state index contributed by atoms with van der Waals surface area (Å²) in [7, 11) is 0. The second kappa shape index (κ2) is 3.88. The van der Waals surface area contributed by atoms with Crippen LogP contribution in [-0.2, 0) is 0 Å². The largest absolute Gasteiger partial charge is 0.313 e. The maximum Gasteiger partial charge on any atom is 0.261 e. The first kappa shape index (κ1) is 11.1. The summed E-state index contributed by atoms with van der Waals surface area (Å²) in [5.41, 5.74) is 1.07. The van der Waals surface area contributed by atoms with Crippen LogP contribution in [0.2, 0.25) is 0 Å². The topological polar surface area (TPSA) is 49.4 Å². The van der Waals surface area contributed by atoms with Gasteiger partial charge in [0.1, 0.15) is 0 Å². The van der Waals surface area contributed by atoms with Crippen molar-refractivity contribution in [2.45, 2.75) is 6.04 Å². The predicted molar refractivity (Wildman–Crippen MR) is 60.8 cm³/mol. The minimum Gasteiger partial charge on any atom is -0.313 e. The molecule has 4 nitrogen and oxygen atoms in total. The zero-order valence-electron chi connectivity index (χ0n) is 8.47. The quantitative estimate of drug-likeness (QED) is 0.732. The van der Waals surface area contributed by atoms with E-state index in [1.165, 1.54) is 4.90 Å². The van der Waals surface area contributed by atoms with Crippen LogP contribution in [0.5, 0.6) is 0 Å². The second-order valence-corrected chi connectivity index (χ2v) is 3.84. The number of nitrogens with one attached hydrogen (secondary N) is 1. The van der Waals surface area contributed by atoms with E-state index in [0.717, 1.165) is 0 Å². The van der Waals surface area contributed by atoms with Gasteiger partial charge in [0.05, 0.1) is 17.2 Å². The Bertz CT molecular complexity index is 422. The highest BCUT2D eigenvalue weighted by Gasteiger charge is 2.41. The number of rotatable bonds is 1. The van der Waals surface area contributed by atoms with Gasteiger partial charge in [0, 0.05) is 13.1 Å². The fourth-order valence-corrected chi connectivity index (χ4v) is 2.00. The van der Waals surface area contributed by atoms with Crippen LogP contribution < -0.4 is 5.32 Å². The van der Waals surface area contributed by atoms with E-state index in [2.05, 4.69) is 5.32 Å². The van der Waals surface area contributed by atoms with Gasteiger partial charge in [-0.25, -0.2) is 0 Å². The first-order valence-corrected chi connectivity index (χ1v) is 4.96. The number of imide groups is 1. The summed E-state index contributed by atoms with van der Waals surface area (Å²) in [6.07, 6.45) is 0. The van der Waals surface area contributed by atoms with Crippen molar-refractivity contribution in [1.82, 2.24) is 10.2 Å². The summed E-state index contributed by atoms with van der Waals surface area (Å²) in [4.78, 5) is 25.2. The van der Waals surface area contributed by atoms with E-state index in [9.17, 15) is 9.59 Å². The van der Waals surface area contributed by atoms with E-state index in [-0.39, 0.29) is 30.3 Å². The predicted octanol–water partition coefficient (Wildman–Crippen LogP) is 0.676. The highest BCUT2D eigenvalue weighted by molar-refractivity contribution is 6.21. The van der Waals surface area contributed by atoms with E-state index in [1.54, 1.807) is 24.3 Å². The van der Waals surface area contributed by atoms with Gasteiger partial charge >= 0.3 is 0 Å². The lowest BCUT2D eigenvalue weighted by molar-refractivity contribution is 0.0534. The Morgan fingerprint density at radius 2 is 1.56 bits per heavy atom. The van der Waals surface area contributed by atoms with Crippen LogP contribution in [-0.4, -0.2) is 35.8 Å². The molecule has 16 heavy (non-hydrogen) atoms. The fourth-order valence-electron chi connectivity index (χ4n) is 2.00. The molecule has 1 aromatic rings. The van der Waals surface area contributed by atoms with Gasteiger partial charge in [-0.15, -0.1) is 12.4 Å². The van der Waals surface area contributed by atoms with Gasteiger partial charge in [-0.05, 0) is 12.1 Å². The summed E-state index contributed by atoms with van der Waals surface area (Å²) in [6.45, 7) is 1.43. The minimum atomic E-state index is -0.151. The molecule has 0 saturated carbocycles. The third-order valence-corrected chi connectivity index (χ3v) is 2.95. The number of amides is 2. The van der Waals surface area contributed by atoms with E-state index in [4.69, 9.17) is 0 Å². The Labute approximate surface area is 99.0 Å². The number of halogens is 1. The van der Waals surface area contributed by atoms with Gasteiger partial charge < -0.3 is 5.32 Å². The SMILES string of the molecule is Cl.O=C1c2ccccc2C(=O)N1C1CNC1. The molecule has 2 aliphatic heterocycles. The second-order valence-electron chi connectivity index (χ2n) is 3.84. The van der Waals surface area contributed by atoms with Crippen molar-refractivity contribution in [1.29, 1.82) is 0 Å². The van der Waals surface area contributed by atoms with Crippen LogP contribution in [0.3, 0.4) is 0 Å². The highest BCUT2D eigenvalue weighted by atomic mass is 35.5. The fraction of sp³-hybridized carbons (Fsp3) is 0.273. The molecule has 2 aliphatic rings. The number of fused-ring (bicyclic) bond motifs is 1. The summed E-state index contributed by atoms with van der Waals surface area (Å²) < 4.78 is 0. The first-order valence-electron chi connectivity index (χ1n) is 4.96. The number of carbonyl (C=O) groups is 2. The van der Waals surface area contributed by atoms with Crippen LogP contribution in [0.25, 0.3) is 0 Å². The Balaban J connectivity index is 0.000000963. The van der Waals surface area contributed by atoms with E-state index in [1.807, 2.05) is 0 Å². The van der Waals surface area contributed by atoms with Gasteiger partial charge in [-0.3, -0.25) is 14.5 Å². The van der Waals surface area contributed by atoms with Crippen LogP contribution in [0.1, 0.15) is 20.7 Å².